The Morgan fingerprint density at radius 1 is 1.63 bits per heavy atom. The maximum absolute atomic E-state index is 11.6. The standard InChI is InChI=1S/C11H17N5O3/c1-19-5-7(4-17)2-3-16-6-13-8-9(16)14-11(12)15-10(8)18/h6-7,17H,2-5H2,1H3,(H3,12,14,15,18). The first-order valence-electron chi connectivity index (χ1n) is 5.96. The summed E-state index contributed by atoms with van der Waals surface area (Å²) < 4.78 is 6.76. The predicted octanol–water partition coefficient (Wildman–Crippen LogP) is -0.653. The second-order valence-corrected chi connectivity index (χ2v) is 4.35. The number of nitrogens with two attached hydrogens (primary N) is 1. The van der Waals surface area contributed by atoms with Crippen molar-refractivity contribution in [2.24, 2.45) is 5.92 Å². The molecule has 8 heteroatoms. The molecule has 0 aromatic carbocycles. The molecule has 0 aliphatic heterocycles. The highest BCUT2D eigenvalue weighted by atomic mass is 16.5. The molecule has 0 bridgehead atoms. The van der Waals surface area contributed by atoms with Crippen molar-refractivity contribution in [3.05, 3.63) is 16.7 Å². The number of hydrogen-bond acceptors (Lipinski definition) is 6. The van der Waals surface area contributed by atoms with Crippen LogP contribution in [0.25, 0.3) is 11.2 Å². The quantitative estimate of drug-likeness (QED) is 0.639. The van der Waals surface area contributed by atoms with Gasteiger partial charge in [0.1, 0.15) is 0 Å². The maximum atomic E-state index is 11.6. The lowest BCUT2D eigenvalue weighted by molar-refractivity contribution is 0.103. The van der Waals surface area contributed by atoms with Crippen LogP contribution in [0.4, 0.5) is 5.95 Å². The molecule has 2 aromatic heterocycles. The molecule has 2 heterocycles. The number of nitrogen functional groups attached to an aromatic ring is 1. The molecule has 2 aromatic rings. The number of methoxy groups -OCH3 is 1. The van der Waals surface area contributed by atoms with Gasteiger partial charge in [-0.25, -0.2) is 4.98 Å². The van der Waals surface area contributed by atoms with E-state index in [9.17, 15) is 9.90 Å². The number of aromatic amines is 1. The van der Waals surface area contributed by atoms with Crippen LogP contribution < -0.4 is 11.3 Å². The Hall–Kier alpha value is -1.93. The molecular weight excluding hydrogens is 250 g/mol. The van der Waals surface area contributed by atoms with E-state index in [4.69, 9.17) is 10.5 Å². The smallest absolute Gasteiger partial charge is 0.280 e. The van der Waals surface area contributed by atoms with Gasteiger partial charge in [0.15, 0.2) is 11.2 Å². The number of anilines is 1. The highest BCUT2D eigenvalue weighted by molar-refractivity contribution is 5.70. The normalized spacial score (nSPS) is 12.9. The van der Waals surface area contributed by atoms with Gasteiger partial charge in [-0.1, -0.05) is 0 Å². The molecule has 0 amide bonds. The van der Waals surface area contributed by atoms with Gasteiger partial charge in [-0.3, -0.25) is 9.78 Å². The first-order chi connectivity index (χ1) is 9.15. The van der Waals surface area contributed by atoms with Crippen LogP contribution in [0, 0.1) is 5.92 Å². The summed E-state index contributed by atoms with van der Waals surface area (Å²) in [6, 6.07) is 0. The third-order valence-electron chi connectivity index (χ3n) is 2.93. The van der Waals surface area contributed by atoms with Gasteiger partial charge < -0.3 is 20.1 Å². The zero-order valence-electron chi connectivity index (χ0n) is 10.7. The first kappa shape index (κ1) is 13.5. The summed E-state index contributed by atoms with van der Waals surface area (Å²) in [5, 5.41) is 9.19. The molecule has 0 radical (unpaired) electrons. The lowest BCUT2D eigenvalue weighted by Crippen LogP contribution is -2.16. The molecule has 104 valence electrons. The lowest BCUT2D eigenvalue weighted by Gasteiger charge is -2.13. The van der Waals surface area contributed by atoms with Crippen molar-refractivity contribution in [1.82, 2.24) is 19.5 Å². The summed E-state index contributed by atoms with van der Waals surface area (Å²) in [6.07, 6.45) is 2.25. The van der Waals surface area contributed by atoms with Crippen molar-refractivity contribution in [2.75, 3.05) is 26.1 Å². The molecule has 1 unspecified atom stereocenters. The molecule has 0 aliphatic carbocycles. The van der Waals surface area contributed by atoms with E-state index in [1.165, 1.54) is 0 Å². The van der Waals surface area contributed by atoms with E-state index in [-0.39, 0.29) is 29.5 Å². The highest BCUT2D eigenvalue weighted by Crippen LogP contribution is 2.10. The zero-order valence-corrected chi connectivity index (χ0v) is 10.7. The van der Waals surface area contributed by atoms with Crippen molar-refractivity contribution in [3.63, 3.8) is 0 Å². The van der Waals surface area contributed by atoms with Crippen LogP contribution in [0.5, 0.6) is 0 Å². The molecule has 19 heavy (non-hydrogen) atoms. The minimum absolute atomic E-state index is 0.0433. The summed E-state index contributed by atoms with van der Waals surface area (Å²) in [7, 11) is 1.59. The fourth-order valence-electron chi connectivity index (χ4n) is 1.92. The van der Waals surface area contributed by atoms with Crippen molar-refractivity contribution in [3.8, 4) is 0 Å². The van der Waals surface area contributed by atoms with Crippen LogP contribution in [-0.2, 0) is 11.3 Å². The number of hydrogen-bond donors (Lipinski definition) is 3. The Kier molecular flexibility index (Phi) is 4.13. The topological polar surface area (TPSA) is 119 Å². The van der Waals surface area contributed by atoms with Crippen LogP contribution in [0.15, 0.2) is 11.1 Å². The molecule has 0 aliphatic rings. The predicted molar refractivity (Wildman–Crippen MR) is 69.6 cm³/mol. The Morgan fingerprint density at radius 3 is 3.11 bits per heavy atom. The number of imidazole rings is 1. The number of aliphatic hydroxyl groups excluding tert-OH is 1. The van der Waals surface area contributed by atoms with Crippen molar-refractivity contribution in [1.29, 1.82) is 0 Å². The number of rotatable bonds is 6. The van der Waals surface area contributed by atoms with Gasteiger partial charge in [0.2, 0.25) is 5.95 Å². The van der Waals surface area contributed by atoms with Crippen molar-refractivity contribution in [2.45, 2.75) is 13.0 Å². The fourth-order valence-corrected chi connectivity index (χ4v) is 1.92. The number of aromatic nitrogens is 4. The fraction of sp³-hybridized carbons (Fsp3) is 0.545. The van der Waals surface area contributed by atoms with Gasteiger partial charge in [-0.15, -0.1) is 0 Å². The zero-order chi connectivity index (χ0) is 13.8. The molecule has 0 fully saturated rings. The van der Waals surface area contributed by atoms with Gasteiger partial charge >= 0.3 is 0 Å². The summed E-state index contributed by atoms with van der Waals surface area (Å²) in [4.78, 5) is 22.1. The minimum atomic E-state index is -0.350. The van der Waals surface area contributed by atoms with E-state index < -0.39 is 0 Å². The average Bonchev–Trinajstić information content (AvgIpc) is 2.78. The largest absolute Gasteiger partial charge is 0.396 e. The van der Waals surface area contributed by atoms with Crippen molar-refractivity contribution >= 4 is 17.1 Å². The number of fused-ring (bicyclic) bond motifs is 1. The molecule has 8 nitrogen and oxygen atoms in total. The van der Waals surface area contributed by atoms with E-state index in [1.54, 1.807) is 18.0 Å². The third-order valence-corrected chi connectivity index (χ3v) is 2.93. The molecule has 1 atom stereocenters. The third kappa shape index (κ3) is 2.91. The van der Waals surface area contributed by atoms with Crippen LogP contribution in [0.2, 0.25) is 0 Å². The average molecular weight is 267 g/mol. The monoisotopic (exact) mass is 267 g/mol. The van der Waals surface area contributed by atoms with Gasteiger partial charge in [0.25, 0.3) is 5.56 Å². The van der Waals surface area contributed by atoms with Gasteiger partial charge in [-0.2, -0.15) is 4.98 Å². The molecule has 4 N–H and O–H groups in total. The van der Waals surface area contributed by atoms with E-state index in [1.807, 2.05) is 0 Å². The van der Waals surface area contributed by atoms with E-state index in [0.29, 0.717) is 25.2 Å². The SMILES string of the molecule is COCC(CO)CCn1cnc2c(=O)[nH]c(N)nc21. The summed E-state index contributed by atoms with van der Waals surface area (Å²) >= 11 is 0. The number of nitrogens with one attached hydrogen (secondary N) is 1. The summed E-state index contributed by atoms with van der Waals surface area (Å²) in [6.45, 7) is 1.12. The highest BCUT2D eigenvalue weighted by Gasteiger charge is 2.12. The van der Waals surface area contributed by atoms with Crippen LogP contribution in [-0.4, -0.2) is 44.9 Å². The summed E-state index contributed by atoms with van der Waals surface area (Å²) in [5.74, 6) is 0.108. The Bertz CT molecular complexity index is 606. The van der Waals surface area contributed by atoms with Crippen molar-refractivity contribution < 1.29 is 9.84 Å². The lowest BCUT2D eigenvalue weighted by atomic mass is 10.1. The number of aliphatic hydroxyl groups is 1. The molecule has 2 rings (SSSR count). The molecule has 0 spiro atoms. The minimum Gasteiger partial charge on any atom is -0.396 e. The number of nitrogens with zero attached hydrogens (tertiary/aromatic N) is 3. The maximum Gasteiger partial charge on any atom is 0.280 e. The second-order valence-electron chi connectivity index (χ2n) is 4.35. The van der Waals surface area contributed by atoms with Gasteiger partial charge in [0, 0.05) is 26.2 Å². The second kappa shape index (κ2) is 5.81. The van der Waals surface area contributed by atoms with E-state index in [2.05, 4.69) is 15.0 Å². The van der Waals surface area contributed by atoms with Crippen LogP contribution in [0.1, 0.15) is 6.42 Å². The van der Waals surface area contributed by atoms with Gasteiger partial charge in [-0.05, 0) is 6.42 Å². The van der Waals surface area contributed by atoms with Gasteiger partial charge in [0.05, 0.1) is 12.9 Å². The molecule has 0 saturated heterocycles. The first-order valence-corrected chi connectivity index (χ1v) is 5.96. The molecular formula is C11H17N5O3. The Labute approximate surface area is 109 Å². The van der Waals surface area contributed by atoms with Crippen LogP contribution >= 0.6 is 0 Å². The number of aryl methyl sites for hydroxylation is 1. The number of H-pyrrole nitrogens is 1. The summed E-state index contributed by atoms with van der Waals surface area (Å²) in [5.41, 5.74) is 5.88. The van der Waals surface area contributed by atoms with E-state index in [0.717, 1.165) is 0 Å². The Morgan fingerprint density at radius 2 is 2.42 bits per heavy atom. The van der Waals surface area contributed by atoms with Crippen LogP contribution in [0.3, 0.4) is 0 Å². The Balaban J connectivity index is 2.19. The number of ether oxygens (including phenoxy) is 1. The molecule has 0 saturated carbocycles. The van der Waals surface area contributed by atoms with E-state index >= 15 is 0 Å².